The highest BCUT2D eigenvalue weighted by molar-refractivity contribution is 4.90. The predicted molar refractivity (Wildman–Crippen MR) is 41.8 cm³/mol. The van der Waals surface area contributed by atoms with Crippen molar-refractivity contribution in [1.82, 2.24) is 5.32 Å². The summed E-state index contributed by atoms with van der Waals surface area (Å²) in [4.78, 5) is 0. The summed E-state index contributed by atoms with van der Waals surface area (Å²) in [6.07, 6.45) is 1.49. The maximum atomic E-state index is 5.64. The lowest BCUT2D eigenvalue weighted by Gasteiger charge is -2.18. The van der Waals surface area contributed by atoms with E-state index in [4.69, 9.17) is 4.74 Å². The highest BCUT2D eigenvalue weighted by Crippen LogP contribution is 2.21. The smallest absolute Gasteiger partial charge is 0.124 e. The number of ether oxygens (including phenoxy) is 1. The van der Waals surface area contributed by atoms with Crippen LogP contribution in [-0.2, 0) is 4.74 Å². The number of nitrogens with one attached hydrogen (secondary N) is 1. The Labute approximate surface area is 63.0 Å². The van der Waals surface area contributed by atoms with Gasteiger partial charge in [-0.2, -0.15) is 0 Å². The van der Waals surface area contributed by atoms with Gasteiger partial charge in [0.1, 0.15) is 6.23 Å². The van der Waals surface area contributed by atoms with Crippen LogP contribution < -0.4 is 5.32 Å². The van der Waals surface area contributed by atoms with Crippen molar-refractivity contribution in [2.45, 2.75) is 52.0 Å². The van der Waals surface area contributed by atoms with E-state index in [9.17, 15) is 0 Å². The van der Waals surface area contributed by atoms with E-state index >= 15 is 0 Å². The lowest BCUT2D eigenvalue weighted by Crippen LogP contribution is -2.22. The third-order valence-electron chi connectivity index (χ3n) is 1.56. The van der Waals surface area contributed by atoms with Crippen LogP contribution in [0.3, 0.4) is 0 Å². The van der Waals surface area contributed by atoms with Crippen LogP contribution in [0.15, 0.2) is 0 Å². The molecule has 0 aromatic rings. The maximum Gasteiger partial charge on any atom is 0.124 e. The molecular formula is C8H17NO. The van der Waals surface area contributed by atoms with Crippen LogP contribution in [-0.4, -0.2) is 17.9 Å². The van der Waals surface area contributed by atoms with Gasteiger partial charge in [-0.05, 0) is 27.2 Å². The van der Waals surface area contributed by atoms with Crippen LogP contribution in [0.4, 0.5) is 0 Å². The predicted octanol–water partition coefficient (Wildman–Crippen LogP) is 1.51. The monoisotopic (exact) mass is 143 g/mol. The van der Waals surface area contributed by atoms with Gasteiger partial charge in [0.25, 0.3) is 0 Å². The van der Waals surface area contributed by atoms with E-state index in [1.807, 2.05) is 0 Å². The SMILES string of the molecule is CCC1NC1OC(C)(C)C. The number of hydrogen-bond donors (Lipinski definition) is 1. The first-order chi connectivity index (χ1) is 4.53. The third kappa shape index (κ3) is 2.27. The minimum Gasteiger partial charge on any atom is -0.356 e. The van der Waals surface area contributed by atoms with E-state index < -0.39 is 0 Å². The molecule has 0 bridgehead atoms. The van der Waals surface area contributed by atoms with E-state index in [-0.39, 0.29) is 5.60 Å². The van der Waals surface area contributed by atoms with Crippen molar-refractivity contribution >= 4 is 0 Å². The average molecular weight is 143 g/mol. The van der Waals surface area contributed by atoms with Crippen LogP contribution in [0.1, 0.15) is 34.1 Å². The van der Waals surface area contributed by atoms with E-state index in [1.165, 1.54) is 6.42 Å². The van der Waals surface area contributed by atoms with Gasteiger partial charge in [0.2, 0.25) is 0 Å². The summed E-state index contributed by atoms with van der Waals surface area (Å²) in [5, 5.41) is 3.25. The molecule has 1 heterocycles. The fourth-order valence-corrected chi connectivity index (χ4v) is 0.984. The van der Waals surface area contributed by atoms with Gasteiger partial charge in [0, 0.05) is 6.04 Å². The largest absolute Gasteiger partial charge is 0.356 e. The molecule has 1 fully saturated rings. The van der Waals surface area contributed by atoms with E-state index in [0.717, 1.165) is 0 Å². The van der Waals surface area contributed by atoms with Gasteiger partial charge >= 0.3 is 0 Å². The Hall–Kier alpha value is -0.0800. The van der Waals surface area contributed by atoms with Crippen LogP contribution in [0.25, 0.3) is 0 Å². The molecule has 0 amide bonds. The number of rotatable bonds is 2. The van der Waals surface area contributed by atoms with Gasteiger partial charge in [-0.1, -0.05) is 6.92 Å². The number of hydrogen-bond acceptors (Lipinski definition) is 2. The van der Waals surface area contributed by atoms with Crippen LogP contribution in [0.2, 0.25) is 0 Å². The minimum atomic E-state index is 0.00157. The van der Waals surface area contributed by atoms with Crippen molar-refractivity contribution in [2.24, 2.45) is 0 Å². The molecule has 1 N–H and O–H groups in total. The third-order valence-corrected chi connectivity index (χ3v) is 1.56. The summed E-state index contributed by atoms with van der Waals surface area (Å²) in [5.74, 6) is 0. The second-order valence-electron chi connectivity index (χ2n) is 3.83. The molecule has 60 valence electrons. The van der Waals surface area contributed by atoms with Crippen molar-refractivity contribution in [3.8, 4) is 0 Å². The zero-order chi connectivity index (χ0) is 7.78. The molecule has 0 radical (unpaired) electrons. The van der Waals surface area contributed by atoms with Gasteiger partial charge in [-0.3, -0.25) is 5.32 Å². The molecule has 1 saturated heterocycles. The molecule has 2 unspecified atom stereocenters. The highest BCUT2D eigenvalue weighted by atomic mass is 16.5. The maximum absolute atomic E-state index is 5.64. The Balaban J connectivity index is 2.18. The summed E-state index contributed by atoms with van der Waals surface area (Å²) >= 11 is 0. The molecule has 0 spiro atoms. The first kappa shape index (κ1) is 8.02. The quantitative estimate of drug-likeness (QED) is 0.594. The Kier molecular flexibility index (Phi) is 2.02. The second-order valence-corrected chi connectivity index (χ2v) is 3.83. The van der Waals surface area contributed by atoms with Crippen molar-refractivity contribution in [3.63, 3.8) is 0 Å². The lowest BCUT2D eigenvalue weighted by molar-refractivity contribution is -0.0209. The Morgan fingerprint density at radius 3 is 2.30 bits per heavy atom. The van der Waals surface area contributed by atoms with Gasteiger partial charge < -0.3 is 4.74 Å². The summed E-state index contributed by atoms with van der Waals surface area (Å²) < 4.78 is 5.64. The molecule has 0 aromatic carbocycles. The van der Waals surface area contributed by atoms with Crippen molar-refractivity contribution in [3.05, 3.63) is 0 Å². The molecule has 2 atom stereocenters. The van der Waals surface area contributed by atoms with Crippen LogP contribution in [0.5, 0.6) is 0 Å². The molecule has 2 heteroatoms. The molecule has 0 saturated carbocycles. The minimum absolute atomic E-state index is 0.00157. The fourth-order valence-electron chi connectivity index (χ4n) is 0.984. The van der Waals surface area contributed by atoms with Gasteiger partial charge in [-0.15, -0.1) is 0 Å². The molecule has 2 nitrogen and oxygen atoms in total. The van der Waals surface area contributed by atoms with E-state index in [1.54, 1.807) is 0 Å². The summed E-state index contributed by atoms with van der Waals surface area (Å²) in [5.41, 5.74) is 0.00157. The Morgan fingerprint density at radius 2 is 2.00 bits per heavy atom. The van der Waals surface area contributed by atoms with E-state index in [2.05, 4.69) is 33.0 Å². The Bertz CT molecular complexity index is 117. The van der Waals surface area contributed by atoms with Crippen LogP contribution >= 0.6 is 0 Å². The average Bonchev–Trinajstić information content (AvgIpc) is 2.42. The lowest BCUT2D eigenvalue weighted by atomic mass is 10.2. The fraction of sp³-hybridized carbons (Fsp3) is 1.00. The van der Waals surface area contributed by atoms with Crippen LogP contribution in [0, 0.1) is 0 Å². The first-order valence-electron chi connectivity index (χ1n) is 3.97. The Morgan fingerprint density at radius 1 is 1.40 bits per heavy atom. The van der Waals surface area contributed by atoms with Crippen molar-refractivity contribution < 1.29 is 4.74 Å². The molecule has 0 aliphatic carbocycles. The topological polar surface area (TPSA) is 31.2 Å². The summed E-state index contributed by atoms with van der Waals surface area (Å²) in [7, 11) is 0. The summed E-state index contributed by atoms with van der Waals surface area (Å²) in [6.45, 7) is 8.42. The van der Waals surface area contributed by atoms with Gasteiger partial charge in [-0.25, -0.2) is 0 Å². The molecular weight excluding hydrogens is 126 g/mol. The van der Waals surface area contributed by atoms with Gasteiger partial charge in [0.05, 0.1) is 5.60 Å². The summed E-state index contributed by atoms with van der Waals surface area (Å²) in [6, 6.07) is 0.610. The van der Waals surface area contributed by atoms with E-state index in [0.29, 0.717) is 12.3 Å². The molecule has 1 aliphatic heterocycles. The standard InChI is InChI=1S/C8H17NO/c1-5-6-7(9-6)10-8(2,3)4/h6-7,9H,5H2,1-4H3. The molecule has 0 aromatic heterocycles. The molecule has 10 heavy (non-hydrogen) atoms. The molecule has 1 aliphatic rings. The zero-order valence-corrected chi connectivity index (χ0v) is 7.27. The van der Waals surface area contributed by atoms with Crippen molar-refractivity contribution in [1.29, 1.82) is 0 Å². The highest BCUT2D eigenvalue weighted by Gasteiger charge is 2.38. The van der Waals surface area contributed by atoms with Gasteiger partial charge in [0.15, 0.2) is 0 Å². The molecule has 1 rings (SSSR count). The van der Waals surface area contributed by atoms with Crippen molar-refractivity contribution in [2.75, 3.05) is 0 Å². The second kappa shape index (κ2) is 2.51. The normalized spacial score (nSPS) is 32.4. The zero-order valence-electron chi connectivity index (χ0n) is 7.27. The first-order valence-corrected chi connectivity index (χ1v) is 3.97.